The van der Waals surface area contributed by atoms with Gasteiger partial charge in [0.05, 0.1) is 0 Å². The van der Waals surface area contributed by atoms with Gasteiger partial charge in [-0.15, -0.1) is 0 Å². The molecule has 2 aliphatic rings. The normalized spacial score (nSPS) is 33.7. The number of piperidine rings is 1. The third-order valence-electron chi connectivity index (χ3n) is 3.11. The maximum atomic E-state index is 10.8. The van der Waals surface area contributed by atoms with Crippen molar-refractivity contribution < 1.29 is 4.79 Å². The lowest BCUT2D eigenvalue weighted by Gasteiger charge is -2.35. The van der Waals surface area contributed by atoms with Crippen LogP contribution in [0.15, 0.2) is 4.99 Å². The highest BCUT2D eigenvalue weighted by molar-refractivity contribution is 5.65. The lowest BCUT2D eigenvalue weighted by Crippen LogP contribution is -2.43. The molecule has 72 valence electrons. The number of nitrogens with zero attached hydrogens (tertiary/aromatic N) is 2. The number of rotatable bonds is 2. The molecule has 2 aliphatic heterocycles. The number of likely N-dealkylation sites (tertiary alicyclic amines) is 1. The van der Waals surface area contributed by atoms with Gasteiger partial charge in [-0.05, 0) is 25.7 Å². The standard InChI is InChI=1S/C10H16N2O/c13-8-12-6-2-1-3-10(12)9-4-5-11-7-9/h7-10H,1-6H2/t9-,10-/m0/s1. The first-order valence-corrected chi connectivity index (χ1v) is 5.13. The van der Waals surface area contributed by atoms with Crippen molar-refractivity contribution in [3.8, 4) is 0 Å². The van der Waals surface area contributed by atoms with Crippen molar-refractivity contribution in [2.24, 2.45) is 10.9 Å². The zero-order valence-corrected chi connectivity index (χ0v) is 7.85. The molecule has 13 heavy (non-hydrogen) atoms. The molecule has 0 spiro atoms. The zero-order chi connectivity index (χ0) is 9.10. The van der Waals surface area contributed by atoms with E-state index in [4.69, 9.17) is 0 Å². The average Bonchev–Trinajstić information content (AvgIpc) is 2.70. The van der Waals surface area contributed by atoms with Gasteiger partial charge in [0.25, 0.3) is 0 Å². The van der Waals surface area contributed by atoms with E-state index >= 15 is 0 Å². The van der Waals surface area contributed by atoms with Crippen LogP contribution in [0.5, 0.6) is 0 Å². The largest absolute Gasteiger partial charge is 0.342 e. The molecule has 0 aromatic carbocycles. The van der Waals surface area contributed by atoms with E-state index < -0.39 is 0 Å². The average molecular weight is 180 g/mol. The highest BCUT2D eigenvalue weighted by Gasteiger charge is 2.29. The second kappa shape index (κ2) is 3.90. The van der Waals surface area contributed by atoms with Gasteiger partial charge in [-0.25, -0.2) is 0 Å². The number of aliphatic imine (C=N–C) groups is 1. The van der Waals surface area contributed by atoms with Crippen molar-refractivity contribution in [1.29, 1.82) is 0 Å². The van der Waals surface area contributed by atoms with Crippen LogP contribution >= 0.6 is 0 Å². The van der Waals surface area contributed by atoms with E-state index in [0.29, 0.717) is 12.0 Å². The lowest BCUT2D eigenvalue weighted by molar-refractivity contribution is -0.122. The van der Waals surface area contributed by atoms with E-state index in [1.165, 1.54) is 12.8 Å². The molecule has 1 saturated heterocycles. The molecule has 2 heterocycles. The fourth-order valence-electron chi connectivity index (χ4n) is 2.37. The molecule has 0 aromatic rings. The summed E-state index contributed by atoms with van der Waals surface area (Å²) in [4.78, 5) is 17.0. The number of hydrogen-bond acceptors (Lipinski definition) is 2. The molecule has 0 unspecified atom stereocenters. The second-order valence-electron chi connectivity index (χ2n) is 3.91. The van der Waals surface area contributed by atoms with Crippen molar-refractivity contribution in [2.75, 3.05) is 13.1 Å². The molecule has 0 bridgehead atoms. The Morgan fingerprint density at radius 1 is 1.38 bits per heavy atom. The third kappa shape index (κ3) is 1.74. The third-order valence-corrected chi connectivity index (χ3v) is 3.11. The molecule has 0 saturated carbocycles. The smallest absolute Gasteiger partial charge is 0.209 e. The molecule has 3 nitrogen and oxygen atoms in total. The molecule has 0 aromatic heterocycles. The van der Waals surface area contributed by atoms with Crippen molar-refractivity contribution in [3.63, 3.8) is 0 Å². The summed E-state index contributed by atoms with van der Waals surface area (Å²) in [6.45, 7) is 1.90. The Hall–Kier alpha value is -0.860. The Morgan fingerprint density at radius 3 is 3.00 bits per heavy atom. The Labute approximate surface area is 78.8 Å². The maximum Gasteiger partial charge on any atom is 0.209 e. The number of hydrogen-bond donors (Lipinski definition) is 0. The molecule has 2 atom stereocenters. The Balaban J connectivity index is 2.01. The summed E-state index contributed by atoms with van der Waals surface area (Å²) in [6.07, 6.45) is 7.78. The lowest BCUT2D eigenvalue weighted by atomic mass is 9.90. The first-order valence-electron chi connectivity index (χ1n) is 5.13. The van der Waals surface area contributed by atoms with E-state index in [-0.39, 0.29) is 0 Å². The molecule has 2 rings (SSSR count). The number of amides is 1. The van der Waals surface area contributed by atoms with Crippen LogP contribution in [0.2, 0.25) is 0 Å². The van der Waals surface area contributed by atoms with Crippen LogP contribution < -0.4 is 0 Å². The van der Waals surface area contributed by atoms with E-state index in [2.05, 4.69) is 4.99 Å². The minimum Gasteiger partial charge on any atom is -0.342 e. The monoisotopic (exact) mass is 180 g/mol. The van der Waals surface area contributed by atoms with Crippen LogP contribution in [-0.4, -0.2) is 36.7 Å². The molecule has 1 fully saturated rings. The minimum atomic E-state index is 0.442. The summed E-state index contributed by atoms with van der Waals surface area (Å²) in [5, 5.41) is 0. The van der Waals surface area contributed by atoms with Crippen LogP contribution in [0.25, 0.3) is 0 Å². The molecule has 3 heteroatoms. The predicted octanol–water partition coefficient (Wildman–Crippen LogP) is 1.09. The van der Waals surface area contributed by atoms with E-state index in [1.54, 1.807) is 0 Å². The van der Waals surface area contributed by atoms with Crippen molar-refractivity contribution in [2.45, 2.75) is 31.7 Å². The van der Waals surface area contributed by atoms with Gasteiger partial charge in [0.15, 0.2) is 0 Å². The van der Waals surface area contributed by atoms with Crippen molar-refractivity contribution >= 4 is 12.6 Å². The SMILES string of the molecule is O=CN1CCCC[C@H]1[C@@H]1C=NCC1. The summed E-state index contributed by atoms with van der Waals surface area (Å²) >= 11 is 0. The van der Waals surface area contributed by atoms with Gasteiger partial charge in [0, 0.05) is 31.3 Å². The van der Waals surface area contributed by atoms with Gasteiger partial charge in [0.1, 0.15) is 0 Å². The van der Waals surface area contributed by atoms with Gasteiger partial charge in [-0.3, -0.25) is 9.79 Å². The summed E-state index contributed by atoms with van der Waals surface area (Å²) in [5.41, 5.74) is 0. The van der Waals surface area contributed by atoms with Crippen LogP contribution in [0, 0.1) is 5.92 Å². The van der Waals surface area contributed by atoms with Gasteiger partial charge in [-0.2, -0.15) is 0 Å². The van der Waals surface area contributed by atoms with Crippen LogP contribution in [0.4, 0.5) is 0 Å². The second-order valence-corrected chi connectivity index (χ2v) is 3.91. The first kappa shape index (κ1) is 8.73. The summed E-state index contributed by atoms with van der Waals surface area (Å²) in [5.74, 6) is 0.533. The van der Waals surface area contributed by atoms with Gasteiger partial charge in [-0.1, -0.05) is 0 Å². The van der Waals surface area contributed by atoms with Gasteiger partial charge < -0.3 is 4.90 Å². The summed E-state index contributed by atoms with van der Waals surface area (Å²) in [6, 6.07) is 0.442. The summed E-state index contributed by atoms with van der Waals surface area (Å²) < 4.78 is 0. The molecule has 0 N–H and O–H groups in total. The predicted molar refractivity (Wildman–Crippen MR) is 51.9 cm³/mol. The molecule has 0 aliphatic carbocycles. The van der Waals surface area contributed by atoms with Gasteiger partial charge in [0.2, 0.25) is 6.41 Å². The highest BCUT2D eigenvalue weighted by Crippen LogP contribution is 2.25. The maximum absolute atomic E-state index is 10.8. The Kier molecular flexibility index (Phi) is 2.62. The van der Waals surface area contributed by atoms with Crippen LogP contribution in [0.1, 0.15) is 25.7 Å². The molecular formula is C10H16N2O. The molecular weight excluding hydrogens is 164 g/mol. The Bertz CT molecular complexity index is 213. The van der Waals surface area contributed by atoms with Crippen LogP contribution in [-0.2, 0) is 4.79 Å². The molecule has 0 radical (unpaired) electrons. The van der Waals surface area contributed by atoms with Crippen molar-refractivity contribution in [3.05, 3.63) is 0 Å². The van der Waals surface area contributed by atoms with Gasteiger partial charge >= 0.3 is 0 Å². The number of carbonyl (C=O) groups excluding carboxylic acids is 1. The highest BCUT2D eigenvalue weighted by atomic mass is 16.1. The van der Waals surface area contributed by atoms with E-state index in [9.17, 15) is 4.79 Å². The number of carbonyl (C=O) groups is 1. The topological polar surface area (TPSA) is 32.7 Å². The first-order chi connectivity index (χ1) is 6.42. The fraction of sp³-hybridized carbons (Fsp3) is 0.800. The minimum absolute atomic E-state index is 0.442. The zero-order valence-electron chi connectivity index (χ0n) is 7.85. The van der Waals surface area contributed by atoms with E-state index in [1.807, 2.05) is 11.1 Å². The van der Waals surface area contributed by atoms with Crippen LogP contribution in [0.3, 0.4) is 0 Å². The van der Waals surface area contributed by atoms with Crippen molar-refractivity contribution in [1.82, 2.24) is 4.90 Å². The summed E-state index contributed by atoms with van der Waals surface area (Å²) in [7, 11) is 0. The quantitative estimate of drug-likeness (QED) is 0.585. The Morgan fingerprint density at radius 2 is 2.31 bits per heavy atom. The van der Waals surface area contributed by atoms with E-state index in [0.717, 1.165) is 32.3 Å². The fourth-order valence-corrected chi connectivity index (χ4v) is 2.37. The molecule has 1 amide bonds.